The summed E-state index contributed by atoms with van der Waals surface area (Å²) in [7, 11) is 0. The standard InChI is InChI=1S/C19H24O4/c1-15(2)22-12-11-21-13-16-5-9-19(10-6-16)23-14-17-3-7-18(20)8-4-17/h3-10,15,20H,11-14H2,1-2H3. The fourth-order valence-electron chi connectivity index (χ4n) is 1.97. The fourth-order valence-corrected chi connectivity index (χ4v) is 1.97. The van der Waals surface area contributed by atoms with Gasteiger partial charge in [-0.15, -0.1) is 0 Å². The van der Waals surface area contributed by atoms with Gasteiger partial charge in [0.25, 0.3) is 0 Å². The first-order valence-electron chi connectivity index (χ1n) is 7.82. The number of rotatable bonds is 9. The zero-order valence-electron chi connectivity index (χ0n) is 13.7. The number of aromatic hydroxyl groups is 1. The molecule has 0 aliphatic rings. The van der Waals surface area contributed by atoms with Crippen molar-refractivity contribution in [1.82, 2.24) is 0 Å². The lowest BCUT2D eigenvalue weighted by molar-refractivity contribution is 0.0143. The summed E-state index contributed by atoms with van der Waals surface area (Å²) >= 11 is 0. The van der Waals surface area contributed by atoms with Crippen LogP contribution in [0.5, 0.6) is 11.5 Å². The summed E-state index contributed by atoms with van der Waals surface area (Å²) in [4.78, 5) is 0. The van der Waals surface area contributed by atoms with Gasteiger partial charge in [-0.25, -0.2) is 0 Å². The quantitative estimate of drug-likeness (QED) is 0.713. The van der Waals surface area contributed by atoms with Crippen LogP contribution in [0.2, 0.25) is 0 Å². The van der Waals surface area contributed by atoms with Crippen LogP contribution in [0, 0.1) is 0 Å². The SMILES string of the molecule is CC(C)OCCOCc1ccc(OCc2ccc(O)cc2)cc1. The molecule has 0 amide bonds. The van der Waals surface area contributed by atoms with Gasteiger partial charge in [-0.2, -0.15) is 0 Å². The maximum Gasteiger partial charge on any atom is 0.119 e. The molecule has 0 atom stereocenters. The van der Waals surface area contributed by atoms with E-state index in [9.17, 15) is 5.11 Å². The van der Waals surface area contributed by atoms with Crippen molar-refractivity contribution in [3.05, 3.63) is 59.7 Å². The normalized spacial score (nSPS) is 10.9. The van der Waals surface area contributed by atoms with Crippen LogP contribution >= 0.6 is 0 Å². The van der Waals surface area contributed by atoms with Gasteiger partial charge >= 0.3 is 0 Å². The van der Waals surface area contributed by atoms with Crippen LogP contribution in [-0.4, -0.2) is 24.4 Å². The van der Waals surface area contributed by atoms with Crippen LogP contribution in [-0.2, 0) is 22.7 Å². The molecule has 4 heteroatoms. The van der Waals surface area contributed by atoms with Crippen LogP contribution < -0.4 is 4.74 Å². The van der Waals surface area contributed by atoms with Crippen molar-refractivity contribution in [1.29, 1.82) is 0 Å². The first kappa shape index (κ1) is 17.3. The summed E-state index contributed by atoms with van der Waals surface area (Å²) < 4.78 is 16.7. The van der Waals surface area contributed by atoms with Gasteiger partial charge in [-0.05, 0) is 49.2 Å². The summed E-state index contributed by atoms with van der Waals surface area (Å²) in [6.45, 7) is 6.28. The molecule has 0 aliphatic heterocycles. The largest absolute Gasteiger partial charge is 0.508 e. The topological polar surface area (TPSA) is 47.9 Å². The van der Waals surface area contributed by atoms with Gasteiger partial charge in [0.2, 0.25) is 0 Å². The molecule has 0 fully saturated rings. The van der Waals surface area contributed by atoms with E-state index in [0.717, 1.165) is 16.9 Å². The molecule has 0 bridgehead atoms. The van der Waals surface area contributed by atoms with Crippen LogP contribution in [0.1, 0.15) is 25.0 Å². The minimum atomic E-state index is 0.239. The van der Waals surface area contributed by atoms with Crippen LogP contribution in [0.15, 0.2) is 48.5 Å². The Bertz CT molecular complexity index is 561. The second-order valence-electron chi connectivity index (χ2n) is 5.57. The molecule has 0 aliphatic carbocycles. The smallest absolute Gasteiger partial charge is 0.119 e. The van der Waals surface area contributed by atoms with Crippen LogP contribution in [0.4, 0.5) is 0 Å². The van der Waals surface area contributed by atoms with E-state index < -0.39 is 0 Å². The summed E-state index contributed by atoms with van der Waals surface area (Å²) in [5.41, 5.74) is 2.12. The van der Waals surface area contributed by atoms with Crippen molar-refractivity contribution < 1.29 is 19.3 Å². The first-order chi connectivity index (χ1) is 11.1. The molecule has 2 aromatic rings. The summed E-state index contributed by atoms with van der Waals surface area (Å²) in [5.74, 6) is 1.07. The van der Waals surface area contributed by atoms with Gasteiger partial charge in [0, 0.05) is 0 Å². The van der Waals surface area contributed by atoms with Crippen molar-refractivity contribution >= 4 is 0 Å². The van der Waals surface area contributed by atoms with Crippen LogP contribution in [0.25, 0.3) is 0 Å². The Balaban J connectivity index is 1.70. The lowest BCUT2D eigenvalue weighted by Crippen LogP contribution is -2.09. The number of hydrogen-bond donors (Lipinski definition) is 1. The lowest BCUT2D eigenvalue weighted by Gasteiger charge is -2.09. The van der Waals surface area contributed by atoms with E-state index in [2.05, 4.69) is 0 Å². The average Bonchev–Trinajstić information content (AvgIpc) is 2.55. The monoisotopic (exact) mass is 316 g/mol. The molecule has 0 saturated carbocycles. The Hall–Kier alpha value is -2.04. The Labute approximate surface area is 137 Å². The molecule has 0 unspecified atom stereocenters. The molecule has 2 rings (SSSR count). The number of benzene rings is 2. The van der Waals surface area contributed by atoms with E-state index in [1.165, 1.54) is 0 Å². The lowest BCUT2D eigenvalue weighted by atomic mass is 10.2. The van der Waals surface area contributed by atoms with Crippen molar-refractivity contribution in [3.63, 3.8) is 0 Å². The fraction of sp³-hybridized carbons (Fsp3) is 0.368. The molecule has 124 valence electrons. The molecular weight excluding hydrogens is 292 g/mol. The summed E-state index contributed by atoms with van der Waals surface area (Å²) in [6, 6.07) is 14.9. The van der Waals surface area contributed by atoms with Gasteiger partial charge in [-0.3, -0.25) is 0 Å². The Kier molecular flexibility index (Phi) is 6.91. The average molecular weight is 316 g/mol. The van der Waals surface area contributed by atoms with Gasteiger partial charge < -0.3 is 19.3 Å². The number of phenols is 1. The molecule has 0 heterocycles. The van der Waals surface area contributed by atoms with E-state index in [4.69, 9.17) is 14.2 Å². The predicted octanol–water partition coefficient (Wildman–Crippen LogP) is 3.91. The Morgan fingerprint density at radius 2 is 1.43 bits per heavy atom. The maximum atomic E-state index is 9.24. The Morgan fingerprint density at radius 1 is 0.826 bits per heavy atom. The third-order valence-electron chi connectivity index (χ3n) is 3.21. The highest BCUT2D eigenvalue weighted by molar-refractivity contribution is 5.28. The third-order valence-corrected chi connectivity index (χ3v) is 3.21. The minimum Gasteiger partial charge on any atom is -0.508 e. The molecular formula is C19H24O4. The predicted molar refractivity (Wildman–Crippen MR) is 89.6 cm³/mol. The Morgan fingerprint density at radius 3 is 2.09 bits per heavy atom. The summed E-state index contributed by atoms with van der Waals surface area (Å²) in [5, 5.41) is 9.24. The van der Waals surface area contributed by atoms with Gasteiger partial charge in [0.1, 0.15) is 18.1 Å². The highest BCUT2D eigenvalue weighted by atomic mass is 16.5. The highest BCUT2D eigenvalue weighted by Crippen LogP contribution is 2.16. The van der Waals surface area contributed by atoms with Gasteiger partial charge in [-0.1, -0.05) is 24.3 Å². The first-order valence-corrected chi connectivity index (χ1v) is 7.82. The van der Waals surface area contributed by atoms with Gasteiger partial charge in [0.15, 0.2) is 0 Å². The van der Waals surface area contributed by atoms with Crippen molar-refractivity contribution in [2.24, 2.45) is 0 Å². The van der Waals surface area contributed by atoms with Crippen molar-refractivity contribution in [2.75, 3.05) is 13.2 Å². The van der Waals surface area contributed by atoms with Crippen molar-refractivity contribution in [2.45, 2.75) is 33.2 Å². The second-order valence-corrected chi connectivity index (χ2v) is 5.57. The molecule has 4 nitrogen and oxygen atoms in total. The molecule has 23 heavy (non-hydrogen) atoms. The molecule has 0 radical (unpaired) electrons. The number of hydrogen-bond acceptors (Lipinski definition) is 4. The molecule has 1 N–H and O–H groups in total. The zero-order valence-corrected chi connectivity index (χ0v) is 13.7. The highest BCUT2D eigenvalue weighted by Gasteiger charge is 1.99. The van der Waals surface area contributed by atoms with E-state index in [0.29, 0.717) is 26.4 Å². The molecule has 0 aromatic heterocycles. The second kappa shape index (κ2) is 9.18. The maximum absolute atomic E-state index is 9.24. The van der Waals surface area contributed by atoms with Gasteiger partial charge in [0.05, 0.1) is 25.9 Å². The zero-order chi connectivity index (χ0) is 16.5. The van der Waals surface area contributed by atoms with Crippen molar-refractivity contribution in [3.8, 4) is 11.5 Å². The van der Waals surface area contributed by atoms with E-state index in [-0.39, 0.29) is 11.9 Å². The van der Waals surface area contributed by atoms with Crippen LogP contribution in [0.3, 0.4) is 0 Å². The third kappa shape index (κ3) is 6.72. The van der Waals surface area contributed by atoms with E-state index in [1.807, 2.05) is 50.2 Å². The number of ether oxygens (including phenoxy) is 3. The molecule has 2 aromatic carbocycles. The minimum absolute atomic E-state index is 0.239. The van der Waals surface area contributed by atoms with E-state index >= 15 is 0 Å². The van der Waals surface area contributed by atoms with E-state index in [1.54, 1.807) is 12.1 Å². The molecule has 0 spiro atoms. The summed E-state index contributed by atoms with van der Waals surface area (Å²) in [6.07, 6.45) is 0.239. The number of phenolic OH excluding ortho intramolecular Hbond substituents is 1. The molecule has 0 saturated heterocycles.